The van der Waals surface area contributed by atoms with Gasteiger partial charge >= 0.3 is 0 Å². The lowest BCUT2D eigenvalue weighted by molar-refractivity contribution is 0.229. The molecule has 2 rings (SSSR count). The summed E-state index contributed by atoms with van der Waals surface area (Å²) in [4.78, 5) is 7.72. The zero-order valence-corrected chi connectivity index (χ0v) is 10.8. The highest BCUT2D eigenvalue weighted by atomic mass is 19.1. The molecule has 1 aliphatic carbocycles. The van der Waals surface area contributed by atoms with Gasteiger partial charge in [-0.2, -0.15) is 4.98 Å². The smallest absolute Gasteiger partial charge is 0.239 e. The van der Waals surface area contributed by atoms with Gasteiger partial charge in [-0.15, -0.1) is 0 Å². The number of nitrogens with zero attached hydrogens (tertiary/aromatic N) is 2. The molecule has 1 saturated carbocycles. The highest BCUT2D eigenvalue weighted by Gasteiger charge is 2.28. The molecule has 0 radical (unpaired) electrons. The summed E-state index contributed by atoms with van der Waals surface area (Å²) in [7, 11) is 0. The molecule has 4 N–H and O–H groups in total. The molecule has 1 aromatic rings. The molecule has 1 unspecified atom stereocenters. The quantitative estimate of drug-likeness (QED) is 0.569. The lowest BCUT2D eigenvalue weighted by Gasteiger charge is -2.35. The molecule has 0 amide bonds. The molecule has 0 aromatic carbocycles. The summed E-state index contributed by atoms with van der Waals surface area (Å²) in [6, 6.07) is 0.253. The first kappa shape index (κ1) is 13.0. The van der Waals surface area contributed by atoms with Crippen LogP contribution in [0.3, 0.4) is 0 Å². The van der Waals surface area contributed by atoms with E-state index in [9.17, 15) is 4.39 Å². The number of nitrogens with one attached hydrogen (secondary N) is 2. The average molecular weight is 253 g/mol. The van der Waals surface area contributed by atoms with E-state index >= 15 is 0 Å². The topological polar surface area (TPSA) is 75.9 Å². The first-order valence-corrected chi connectivity index (χ1v) is 6.26. The van der Waals surface area contributed by atoms with Crippen molar-refractivity contribution in [2.75, 3.05) is 10.7 Å². The van der Waals surface area contributed by atoms with E-state index in [2.05, 4.69) is 34.6 Å². The molecule has 0 saturated heterocycles. The van der Waals surface area contributed by atoms with Gasteiger partial charge in [-0.05, 0) is 24.7 Å². The van der Waals surface area contributed by atoms with Crippen molar-refractivity contribution in [1.29, 1.82) is 0 Å². The van der Waals surface area contributed by atoms with Gasteiger partial charge in [-0.3, -0.25) is 5.43 Å². The zero-order valence-electron chi connectivity index (χ0n) is 10.8. The molecule has 1 fully saturated rings. The minimum atomic E-state index is -0.447. The number of rotatable bonds is 3. The predicted octanol–water partition coefficient (Wildman–Crippen LogP) is 2.28. The van der Waals surface area contributed by atoms with Gasteiger partial charge in [0.05, 0.1) is 6.20 Å². The molecule has 1 aliphatic rings. The largest absolute Gasteiger partial charge is 0.365 e. The van der Waals surface area contributed by atoms with E-state index in [1.165, 1.54) is 6.42 Å². The Bertz CT molecular complexity index is 421. The van der Waals surface area contributed by atoms with Gasteiger partial charge in [-0.1, -0.05) is 20.3 Å². The van der Waals surface area contributed by atoms with Crippen molar-refractivity contribution in [3.05, 3.63) is 12.0 Å². The maximum Gasteiger partial charge on any atom is 0.239 e. The molecule has 5 nitrogen and oxygen atoms in total. The summed E-state index contributed by atoms with van der Waals surface area (Å²) in [6.07, 6.45) is 5.55. The van der Waals surface area contributed by atoms with Gasteiger partial charge in [0.25, 0.3) is 0 Å². The first-order valence-electron chi connectivity index (χ1n) is 6.26. The number of halogens is 1. The van der Waals surface area contributed by atoms with Crippen LogP contribution in [0.15, 0.2) is 6.20 Å². The SMILES string of the molecule is CC1(C)CCCC(Nc2nc(NN)ncc2F)C1. The maximum atomic E-state index is 13.6. The molecule has 1 aromatic heterocycles. The van der Waals surface area contributed by atoms with Crippen molar-refractivity contribution in [2.45, 2.75) is 45.6 Å². The summed E-state index contributed by atoms with van der Waals surface area (Å²) < 4.78 is 13.6. The van der Waals surface area contributed by atoms with Crippen LogP contribution in [0, 0.1) is 11.2 Å². The molecule has 18 heavy (non-hydrogen) atoms. The number of hydrogen-bond acceptors (Lipinski definition) is 5. The molecular formula is C12H20FN5. The van der Waals surface area contributed by atoms with Crippen molar-refractivity contribution in [3.8, 4) is 0 Å². The highest BCUT2D eigenvalue weighted by Crippen LogP contribution is 2.36. The lowest BCUT2D eigenvalue weighted by atomic mass is 9.75. The second-order valence-corrected chi connectivity index (χ2v) is 5.64. The second kappa shape index (κ2) is 5.06. The van der Waals surface area contributed by atoms with Gasteiger partial charge in [-0.25, -0.2) is 15.2 Å². The zero-order chi connectivity index (χ0) is 13.2. The van der Waals surface area contributed by atoms with Crippen LogP contribution in [0.1, 0.15) is 39.5 Å². The van der Waals surface area contributed by atoms with E-state index < -0.39 is 5.82 Å². The van der Waals surface area contributed by atoms with E-state index in [1.807, 2.05) is 0 Å². The van der Waals surface area contributed by atoms with Crippen LogP contribution in [-0.2, 0) is 0 Å². The summed E-state index contributed by atoms with van der Waals surface area (Å²) >= 11 is 0. The summed E-state index contributed by atoms with van der Waals surface area (Å²) in [5.74, 6) is 5.21. The third-order valence-corrected chi connectivity index (χ3v) is 3.42. The number of nitrogens with two attached hydrogens (primary N) is 1. The van der Waals surface area contributed by atoms with Crippen LogP contribution < -0.4 is 16.6 Å². The summed E-state index contributed by atoms with van der Waals surface area (Å²) in [5.41, 5.74) is 2.62. The first-order chi connectivity index (χ1) is 8.50. The molecule has 0 bridgehead atoms. The van der Waals surface area contributed by atoms with E-state index in [0.29, 0.717) is 5.41 Å². The van der Waals surface area contributed by atoms with E-state index in [1.54, 1.807) is 0 Å². The number of hydrogen-bond donors (Lipinski definition) is 3. The lowest BCUT2D eigenvalue weighted by Crippen LogP contribution is -2.32. The molecule has 0 aliphatic heterocycles. The third kappa shape index (κ3) is 3.07. The van der Waals surface area contributed by atoms with Crippen LogP contribution in [-0.4, -0.2) is 16.0 Å². The van der Waals surface area contributed by atoms with Crippen molar-refractivity contribution in [2.24, 2.45) is 11.3 Å². The van der Waals surface area contributed by atoms with Gasteiger partial charge in [0.1, 0.15) is 0 Å². The minimum Gasteiger partial charge on any atom is -0.365 e. The van der Waals surface area contributed by atoms with Gasteiger partial charge < -0.3 is 5.32 Å². The van der Waals surface area contributed by atoms with Crippen LogP contribution in [0.4, 0.5) is 16.2 Å². The number of hydrazine groups is 1. The molecule has 0 spiro atoms. The van der Waals surface area contributed by atoms with Crippen molar-refractivity contribution < 1.29 is 4.39 Å². The Balaban J connectivity index is 2.09. The van der Waals surface area contributed by atoms with E-state index in [0.717, 1.165) is 25.5 Å². The molecule has 1 atom stereocenters. The minimum absolute atomic E-state index is 0.217. The second-order valence-electron chi connectivity index (χ2n) is 5.64. The van der Waals surface area contributed by atoms with E-state index in [-0.39, 0.29) is 17.8 Å². The fourth-order valence-electron chi connectivity index (χ4n) is 2.55. The Morgan fingerprint density at radius 3 is 2.94 bits per heavy atom. The number of nitrogen functional groups attached to an aromatic ring is 1. The molecule has 100 valence electrons. The van der Waals surface area contributed by atoms with E-state index in [4.69, 9.17) is 5.84 Å². The highest BCUT2D eigenvalue weighted by molar-refractivity contribution is 5.41. The fraction of sp³-hybridized carbons (Fsp3) is 0.667. The summed E-state index contributed by atoms with van der Waals surface area (Å²) in [5, 5.41) is 3.16. The number of anilines is 2. The Hall–Kier alpha value is -1.43. The normalized spacial score (nSPS) is 22.6. The summed E-state index contributed by atoms with van der Waals surface area (Å²) in [6.45, 7) is 4.48. The molecule has 1 heterocycles. The van der Waals surface area contributed by atoms with Crippen LogP contribution in [0.2, 0.25) is 0 Å². The average Bonchev–Trinajstić information content (AvgIpc) is 2.31. The fourth-order valence-corrected chi connectivity index (χ4v) is 2.55. The van der Waals surface area contributed by atoms with Crippen LogP contribution in [0.25, 0.3) is 0 Å². The molecular weight excluding hydrogens is 233 g/mol. The van der Waals surface area contributed by atoms with Crippen LogP contribution >= 0.6 is 0 Å². The predicted molar refractivity (Wildman–Crippen MR) is 69.5 cm³/mol. The van der Waals surface area contributed by atoms with Crippen molar-refractivity contribution in [1.82, 2.24) is 9.97 Å². The Labute approximate surface area is 106 Å². The number of aromatic nitrogens is 2. The Morgan fingerprint density at radius 1 is 1.50 bits per heavy atom. The van der Waals surface area contributed by atoms with Gasteiger partial charge in [0, 0.05) is 6.04 Å². The van der Waals surface area contributed by atoms with Crippen molar-refractivity contribution >= 4 is 11.8 Å². The monoisotopic (exact) mass is 253 g/mol. The van der Waals surface area contributed by atoms with Gasteiger partial charge in [0.2, 0.25) is 5.95 Å². The maximum absolute atomic E-state index is 13.6. The Kier molecular flexibility index (Phi) is 3.65. The van der Waals surface area contributed by atoms with Crippen LogP contribution in [0.5, 0.6) is 0 Å². The van der Waals surface area contributed by atoms with Crippen molar-refractivity contribution in [3.63, 3.8) is 0 Å². The Morgan fingerprint density at radius 2 is 2.28 bits per heavy atom. The van der Waals surface area contributed by atoms with Gasteiger partial charge in [0.15, 0.2) is 11.6 Å². The standard InChI is InChI=1S/C12H20FN5/c1-12(2)5-3-4-8(6-12)16-10-9(13)7-15-11(17-10)18-14/h7-8H,3-6,14H2,1-2H3,(H2,15,16,17,18). The third-order valence-electron chi connectivity index (χ3n) is 3.42. The molecule has 6 heteroatoms.